The van der Waals surface area contributed by atoms with Gasteiger partial charge in [-0.15, -0.1) is 0 Å². The van der Waals surface area contributed by atoms with Crippen molar-refractivity contribution in [3.63, 3.8) is 0 Å². The molecule has 0 saturated heterocycles. The van der Waals surface area contributed by atoms with E-state index < -0.39 is 20.7 Å². The Balaban J connectivity index is 2.46. The van der Waals surface area contributed by atoms with Crippen LogP contribution >= 0.6 is 34.2 Å². The second-order valence-electron chi connectivity index (χ2n) is 4.37. The fourth-order valence-electron chi connectivity index (χ4n) is 1.65. The number of hydrogen-bond donors (Lipinski definition) is 2. The second kappa shape index (κ2) is 5.98. The Morgan fingerprint density at radius 3 is 2.57 bits per heavy atom. The van der Waals surface area contributed by atoms with Crippen LogP contribution in [0.2, 0.25) is 5.02 Å². The highest BCUT2D eigenvalue weighted by Gasteiger charge is 2.21. The van der Waals surface area contributed by atoms with Crippen molar-refractivity contribution in [3.8, 4) is 0 Å². The highest BCUT2D eigenvalue weighted by molar-refractivity contribution is 14.1. The van der Waals surface area contributed by atoms with E-state index in [2.05, 4.69) is 4.72 Å². The number of nitrogens with one attached hydrogen (secondary N) is 1. The van der Waals surface area contributed by atoms with Crippen LogP contribution in [0.1, 0.15) is 5.56 Å². The fourth-order valence-corrected chi connectivity index (χ4v) is 3.78. The predicted octanol–water partition coefficient (Wildman–Crippen LogP) is 3.78. The van der Waals surface area contributed by atoms with E-state index >= 15 is 0 Å². The SMILES string of the molecule is Cc1cc(F)c(S(=O)(=O)Nc2ccc(I)cc2Cl)cc1N. The standard InChI is InChI=1S/C13H11ClFIN2O2S/c1-7-4-10(15)13(6-11(7)17)21(19,20)18-12-3-2-8(16)5-9(12)14/h2-6,18H,17H2,1H3. The first-order chi connectivity index (χ1) is 9.70. The lowest BCUT2D eigenvalue weighted by Crippen LogP contribution is -2.15. The van der Waals surface area contributed by atoms with Crippen molar-refractivity contribution in [2.45, 2.75) is 11.8 Å². The quantitative estimate of drug-likeness (QED) is 0.564. The van der Waals surface area contributed by atoms with Crippen molar-refractivity contribution in [3.05, 3.63) is 50.3 Å². The summed E-state index contributed by atoms with van der Waals surface area (Å²) in [6, 6.07) is 6.97. The molecular formula is C13H11ClFIN2O2S. The summed E-state index contributed by atoms with van der Waals surface area (Å²) in [5, 5.41) is 0.228. The number of rotatable bonds is 3. The van der Waals surface area contributed by atoms with E-state index in [1.807, 2.05) is 22.6 Å². The molecule has 0 aromatic heterocycles. The zero-order valence-corrected chi connectivity index (χ0v) is 14.6. The van der Waals surface area contributed by atoms with Gasteiger partial charge in [-0.2, -0.15) is 0 Å². The fraction of sp³-hybridized carbons (Fsp3) is 0.0769. The largest absolute Gasteiger partial charge is 0.398 e. The van der Waals surface area contributed by atoms with Crippen LogP contribution in [0.3, 0.4) is 0 Å². The zero-order valence-electron chi connectivity index (χ0n) is 10.8. The average molecular weight is 441 g/mol. The zero-order chi connectivity index (χ0) is 15.8. The highest BCUT2D eigenvalue weighted by Crippen LogP contribution is 2.28. The molecule has 0 aliphatic carbocycles. The third-order valence-electron chi connectivity index (χ3n) is 2.79. The molecule has 0 aliphatic heterocycles. The summed E-state index contributed by atoms with van der Waals surface area (Å²) >= 11 is 8.02. The Kier molecular flexibility index (Phi) is 4.64. The van der Waals surface area contributed by atoms with Crippen molar-refractivity contribution in [1.29, 1.82) is 0 Å². The van der Waals surface area contributed by atoms with Crippen molar-refractivity contribution in [2.24, 2.45) is 0 Å². The van der Waals surface area contributed by atoms with E-state index in [9.17, 15) is 12.8 Å². The molecule has 0 atom stereocenters. The lowest BCUT2D eigenvalue weighted by Gasteiger charge is -2.12. The first kappa shape index (κ1) is 16.3. The van der Waals surface area contributed by atoms with Crippen molar-refractivity contribution < 1.29 is 12.8 Å². The molecule has 8 heteroatoms. The summed E-state index contributed by atoms with van der Waals surface area (Å²) < 4.78 is 41.5. The van der Waals surface area contributed by atoms with Gasteiger partial charge in [-0.05, 0) is 65.4 Å². The number of anilines is 2. The third-order valence-corrected chi connectivity index (χ3v) is 5.15. The van der Waals surface area contributed by atoms with Gasteiger partial charge in [0, 0.05) is 9.26 Å². The van der Waals surface area contributed by atoms with Crippen LogP contribution in [0.5, 0.6) is 0 Å². The molecule has 2 aromatic carbocycles. The van der Waals surface area contributed by atoms with Gasteiger partial charge in [-0.3, -0.25) is 4.72 Å². The van der Waals surface area contributed by atoms with Crippen LogP contribution in [-0.4, -0.2) is 8.42 Å². The summed E-state index contributed by atoms with van der Waals surface area (Å²) in [6.45, 7) is 1.60. The van der Waals surface area contributed by atoms with Gasteiger partial charge in [0.2, 0.25) is 0 Å². The van der Waals surface area contributed by atoms with Gasteiger partial charge in [-0.1, -0.05) is 11.6 Å². The number of benzene rings is 2. The topological polar surface area (TPSA) is 72.2 Å². The van der Waals surface area contributed by atoms with Crippen LogP contribution < -0.4 is 10.5 Å². The normalized spacial score (nSPS) is 11.4. The molecule has 0 bridgehead atoms. The lowest BCUT2D eigenvalue weighted by atomic mass is 10.2. The monoisotopic (exact) mass is 440 g/mol. The van der Waals surface area contributed by atoms with E-state index in [1.54, 1.807) is 19.1 Å². The van der Waals surface area contributed by atoms with Crippen molar-refractivity contribution in [1.82, 2.24) is 0 Å². The molecule has 21 heavy (non-hydrogen) atoms. The van der Waals surface area contributed by atoms with Crippen LogP contribution in [0.15, 0.2) is 35.2 Å². The Morgan fingerprint density at radius 1 is 1.29 bits per heavy atom. The number of sulfonamides is 1. The molecule has 112 valence electrons. The minimum Gasteiger partial charge on any atom is -0.398 e. The van der Waals surface area contributed by atoms with E-state index in [4.69, 9.17) is 17.3 Å². The minimum atomic E-state index is -4.11. The summed E-state index contributed by atoms with van der Waals surface area (Å²) in [4.78, 5) is -0.514. The predicted molar refractivity (Wildman–Crippen MR) is 90.5 cm³/mol. The molecule has 0 unspecified atom stereocenters. The Hall–Kier alpha value is -1.06. The molecule has 2 aromatic rings. The van der Waals surface area contributed by atoms with Crippen LogP contribution in [0.4, 0.5) is 15.8 Å². The molecule has 0 saturated carbocycles. The number of nitrogen functional groups attached to an aromatic ring is 1. The van der Waals surface area contributed by atoms with Gasteiger partial charge >= 0.3 is 0 Å². The molecule has 0 spiro atoms. The second-order valence-corrected chi connectivity index (χ2v) is 7.67. The number of halogens is 3. The average Bonchev–Trinajstić information content (AvgIpc) is 2.37. The lowest BCUT2D eigenvalue weighted by molar-refractivity contribution is 0.570. The molecule has 0 fully saturated rings. The van der Waals surface area contributed by atoms with E-state index in [-0.39, 0.29) is 16.4 Å². The van der Waals surface area contributed by atoms with E-state index in [1.165, 1.54) is 6.07 Å². The highest BCUT2D eigenvalue weighted by atomic mass is 127. The molecule has 2 rings (SSSR count). The van der Waals surface area contributed by atoms with Gasteiger partial charge in [-0.25, -0.2) is 12.8 Å². The molecule has 4 nitrogen and oxygen atoms in total. The van der Waals surface area contributed by atoms with Crippen molar-refractivity contribution in [2.75, 3.05) is 10.5 Å². The van der Waals surface area contributed by atoms with E-state index in [0.717, 1.165) is 15.7 Å². The molecule has 0 aliphatic rings. The van der Waals surface area contributed by atoms with Gasteiger partial charge in [0.1, 0.15) is 10.7 Å². The first-order valence-corrected chi connectivity index (χ1v) is 8.68. The third kappa shape index (κ3) is 3.58. The van der Waals surface area contributed by atoms with Crippen LogP contribution in [0.25, 0.3) is 0 Å². The first-order valence-electron chi connectivity index (χ1n) is 5.74. The van der Waals surface area contributed by atoms with Gasteiger partial charge in [0.25, 0.3) is 10.0 Å². The summed E-state index contributed by atoms with van der Waals surface area (Å²) in [5.41, 5.74) is 6.49. The minimum absolute atomic E-state index is 0.177. The van der Waals surface area contributed by atoms with Gasteiger partial charge in [0.05, 0.1) is 10.7 Å². The Labute approximate surface area is 140 Å². The number of nitrogens with two attached hydrogens (primary N) is 1. The summed E-state index contributed by atoms with van der Waals surface area (Å²) in [5.74, 6) is -0.865. The van der Waals surface area contributed by atoms with Gasteiger partial charge < -0.3 is 5.73 Å². The van der Waals surface area contributed by atoms with Gasteiger partial charge in [0.15, 0.2) is 0 Å². The summed E-state index contributed by atoms with van der Waals surface area (Å²) in [7, 11) is -4.11. The maximum atomic E-state index is 13.9. The molecule has 0 radical (unpaired) electrons. The molecule has 0 amide bonds. The number of hydrogen-bond acceptors (Lipinski definition) is 3. The summed E-state index contributed by atoms with van der Waals surface area (Å²) in [6.07, 6.45) is 0. The maximum absolute atomic E-state index is 13.9. The molecule has 3 N–H and O–H groups in total. The Bertz CT molecular complexity index is 812. The van der Waals surface area contributed by atoms with Crippen molar-refractivity contribution >= 4 is 55.6 Å². The smallest absolute Gasteiger partial charge is 0.264 e. The molecule has 0 heterocycles. The maximum Gasteiger partial charge on any atom is 0.264 e. The van der Waals surface area contributed by atoms with Crippen LogP contribution in [-0.2, 0) is 10.0 Å². The van der Waals surface area contributed by atoms with Crippen LogP contribution in [0, 0.1) is 16.3 Å². The number of aryl methyl sites for hydroxylation is 1. The van der Waals surface area contributed by atoms with E-state index in [0.29, 0.717) is 5.56 Å². The molecular weight excluding hydrogens is 430 g/mol. The Morgan fingerprint density at radius 2 is 1.95 bits per heavy atom.